The highest BCUT2D eigenvalue weighted by Gasteiger charge is 2.39. The summed E-state index contributed by atoms with van der Waals surface area (Å²) < 4.78 is 48.3. The van der Waals surface area contributed by atoms with E-state index in [-0.39, 0.29) is 11.5 Å². The number of carbonyl (C=O) groups excluding carboxylic acids is 2. The average Bonchev–Trinajstić information content (AvgIpc) is 2.53. The van der Waals surface area contributed by atoms with Crippen LogP contribution in [0.15, 0.2) is 0 Å². The van der Waals surface area contributed by atoms with E-state index in [1.165, 1.54) is 27.7 Å². The van der Waals surface area contributed by atoms with E-state index in [1.807, 2.05) is 13.8 Å². The number of hydrogen-bond acceptors (Lipinski definition) is 8. The third-order valence-corrected chi connectivity index (χ3v) is 8.22. The summed E-state index contributed by atoms with van der Waals surface area (Å²) in [5, 5.41) is 0. The normalized spacial score (nSPS) is 13.2. The Balaban J connectivity index is 4.89. The summed E-state index contributed by atoms with van der Waals surface area (Å²) in [6.45, 7) is 9.25. The second kappa shape index (κ2) is 10.6. The van der Waals surface area contributed by atoms with Crippen LogP contribution >= 0.6 is 0 Å². The van der Waals surface area contributed by atoms with Crippen LogP contribution in [0.2, 0.25) is 0 Å². The van der Waals surface area contributed by atoms with Gasteiger partial charge in [0.05, 0.1) is 33.8 Å². The fourth-order valence-corrected chi connectivity index (χ4v) is 6.57. The molecule has 0 aliphatic carbocycles. The quantitative estimate of drug-likeness (QED) is 0.334. The van der Waals surface area contributed by atoms with Crippen molar-refractivity contribution in [2.24, 2.45) is 10.8 Å². The molecule has 0 rings (SSSR count). The molecule has 0 spiro atoms. The highest BCUT2D eigenvalue weighted by atomic mass is 32.2. The standard InChI is InChI=1S/C18H34O8S2/c1-7-9-11-27(21,22)13-17(3,4)15(19)25-26-16(20)18(5,6)14-28(23,24)12-10-8-2/h7-14H2,1-6H3. The molecule has 0 aliphatic heterocycles. The fraction of sp³-hybridized carbons (Fsp3) is 0.889. The van der Waals surface area contributed by atoms with Crippen molar-refractivity contribution in [3.05, 3.63) is 0 Å². The number of hydrogen-bond donors (Lipinski definition) is 0. The first-order valence-electron chi connectivity index (χ1n) is 9.43. The summed E-state index contributed by atoms with van der Waals surface area (Å²) in [4.78, 5) is 33.5. The Morgan fingerprint density at radius 2 is 0.964 bits per heavy atom. The maximum Gasteiger partial charge on any atom is 0.362 e. The van der Waals surface area contributed by atoms with Crippen LogP contribution in [0, 0.1) is 10.8 Å². The van der Waals surface area contributed by atoms with Crippen LogP contribution in [0.4, 0.5) is 0 Å². The highest BCUT2D eigenvalue weighted by Crippen LogP contribution is 2.24. The first-order chi connectivity index (χ1) is 12.6. The first-order valence-corrected chi connectivity index (χ1v) is 13.1. The summed E-state index contributed by atoms with van der Waals surface area (Å²) >= 11 is 0. The lowest BCUT2D eigenvalue weighted by Gasteiger charge is -2.24. The number of sulfone groups is 2. The van der Waals surface area contributed by atoms with Crippen LogP contribution in [-0.2, 0) is 39.0 Å². The van der Waals surface area contributed by atoms with E-state index in [9.17, 15) is 26.4 Å². The fourth-order valence-electron chi connectivity index (χ4n) is 2.39. The van der Waals surface area contributed by atoms with Crippen LogP contribution in [0.1, 0.15) is 67.2 Å². The second-order valence-electron chi connectivity index (χ2n) is 8.40. The molecule has 0 radical (unpaired) electrons. The minimum Gasteiger partial charge on any atom is -0.247 e. The zero-order valence-electron chi connectivity index (χ0n) is 17.7. The van der Waals surface area contributed by atoms with E-state index < -0.39 is 53.9 Å². The molecule has 0 unspecified atom stereocenters. The molecule has 166 valence electrons. The van der Waals surface area contributed by atoms with Gasteiger partial charge in [0.1, 0.15) is 0 Å². The molecule has 0 saturated carbocycles. The van der Waals surface area contributed by atoms with Gasteiger partial charge >= 0.3 is 11.9 Å². The van der Waals surface area contributed by atoms with Gasteiger partial charge in [-0.15, -0.1) is 0 Å². The van der Waals surface area contributed by atoms with Crippen molar-refractivity contribution in [1.29, 1.82) is 0 Å². The van der Waals surface area contributed by atoms with Crippen molar-refractivity contribution in [2.75, 3.05) is 23.0 Å². The molecule has 0 atom stereocenters. The van der Waals surface area contributed by atoms with E-state index in [0.717, 1.165) is 0 Å². The number of carbonyl (C=O) groups is 2. The molecule has 0 aliphatic rings. The smallest absolute Gasteiger partial charge is 0.247 e. The Morgan fingerprint density at radius 3 is 1.21 bits per heavy atom. The molecule has 0 aromatic carbocycles. The topological polar surface area (TPSA) is 121 Å². The summed E-state index contributed by atoms with van der Waals surface area (Å²) in [5.74, 6) is -2.97. The van der Waals surface area contributed by atoms with Crippen LogP contribution in [0.25, 0.3) is 0 Å². The third kappa shape index (κ3) is 9.86. The summed E-state index contributed by atoms with van der Waals surface area (Å²) in [6, 6.07) is 0. The Labute approximate surface area is 169 Å². The summed E-state index contributed by atoms with van der Waals surface area (Å²) in [5.41, 5.74) is -2.83. The Morgan fingerprint density at radius 1 is 0.679 bits per heavy atom. The second-order valence-corrected chi connectivity index (χ2v) is 12.8. The van der Waals surface area contributed by atoms with Gasteiger partial charge in [-0.05, 0) is 40.5 Å². The van der Waals surface area contributed by atoms with Crippen molar-refractivity contribution >= 4 is 31.6 Å². The number of rotatable bonds is 12. The third-order valence-electron chi connectivity index (χ3n) is 4.08. The first kappa shape index (κ1) is 26.8. The van der Waals surface area contributed by atoms with Gasteiger partial charge in [-0.1, -0.05) is 26.7 Å². The van der Waals surface area contributed by atoms with Crippen molar-refractivity contribution < 1.29 is 36.2 Å². The van der Waals surface area contributed by atoms with Crippen LogP contribution in [0.3, 0.4) is 0 Å². The van der Waals surface area contributed by atoms with Gasteiger partial charge in [0.15, 0.2) is 19.7 Å². The predicted octanol–water partition coefficient (Wildman–Crippen LogP) is 2.47. The minimum absolute atomic E-state index is 0.0390. The predicted molar refractivity (Wildman–Crippen MR) is 107 cm³/mol. The Bertz CT molecular complexity index is 670. The summed E-state index contributed by atoms with van der Waals surface area (Å²) in [7, 11) is -6.93. The lowest BCUT2D eigenvalue weighted by molar-refractivity contribution is -0.270. The lowest BCUT2D eigenvalue weighted by Crippen LogP contribution is -2.38. The minimum atomic E-state index is -3.47. The van der Waals surface area contributed by atoms with Gasteiger partial charge in [-0.2, -0.15) is 0 Å². The van der Waals surface area contributed by atoms with E-state index in [2.05, 4.69) is 9.78 Å². The highest BCUT2D eigenvalue weighted by molar-refractivity contribution is 7.91. The van der Waals surface area contributed by atoms with E-state index >= 15 is 0 Å². The van der Waals surface area contributed by atoms with Gasteiger partial charge in [0.2, 0.25) is 0 Å². The molecule has 10 heteroatoms. The molecule has 28 heavy (non-hydrogen) atoms. The molecular weight excluding hydrogens is 408 g/mol. The van der Waals surface area contributed by atoms with Gasteiger partial charge < -0.3 is 0 Å². The van der Waals surface area contributed by atoms with Crippen LogP contribution < -0.4 is 0 Å². The monoisotopic (exact) mass is 442 g/mol. The van der Waals surface area contributed by atoms with Gasteiger partial charge in [-0.3, -0.25) is 0 Å². The Kier molecular flexibility index (Phi) is 10.1. The molecule has 8 nitrogen and oxygen atoms in total. The molecule has 0 amide bonds. The molecular formula is C18H34O8S2. The Hall–Kier alpha value is -1.16. The molecule has 0 bridgehead atoms. The lowest BCUT2D eigenvalue weighted by atomic mass is 9.97. The van der Waals surface area contributed by atoms with E-state index in [4.69, 9.17) is 0 Å². The average molecular weight is 443 g/mol. The van der Waals surface area contributed by atoms with Crippen LogP contribution in [0.5, 0.6) is 0 Å². The molecule has 0 heterocycles. The van der Waals surface area contributed by atoms with Gasteiger partial charge in [0, 0.05) is 0 Å². The van der Waals surface area contributed by atoms with Crippen LogP contribution in [-0.4, -0.2) is 51.8 Å². The molecule has 0 fully saturated rings. The number of unbranched alkanes of at least 4 members (excludes halogenated alkanes) is 2. The van der Waals surface area contributed by atoms with Crippen molar-refractivity contribution in [3.8, 4) is 0 Å². The molecule has 0 N–H and O–H groups in total. The zero-order chi connectivity index (χ0) is 22.2. The zero-order valence-corrected chi connectivity index (χ0v) is 19.4. The maximum atomic E-state index is 12.2. The summed E-state index contributed by atoms with van der Waals surface area (Å²) in [6.07, 6.45) is 2.39. The van der Waals surface area contributed by atoms with Crippen molar-refractivity contribution in [3.63, 3.8) is 0 Å². The van der Waals surface area contributed by atoms with E-state index in [1.54, 1.807) is 0 Å². The van der Waals surface area contributed by atoms with Crippen molar-refractivity contribution in [2.45, 2.75) is 67.2 Å². The van der Waals surface area contributed by atoms with E-state index in [0.29, 0.717) is 25.7 Å². The SMILES string of the molecule is CCCCS(=O)(=O)CC(C)(C)C(=O)OOC(=O)C(C)(C)CS(=O)(=O)CCCC. The largest absolute Gasteiger partial charge is 0.362 e. The molecule has 0 aromatic heterocycles. The molecule has 0 aromatic rings. The van der Waals surface area contributed by atoms with Gasteiger partial charge in [0.25, 0.3) is 0 Å². The maximum absolute atomic E-state index is 12.2. The van der Waals surface area contributed by atoms with Crippen molar-refractivity contribution in [1.82, 2.24) is 0 Å². The van der Waals surface area contributed by atoms with Gasteiger partial charge in [-0.25, -0.2) is 36.2 Å². The molecule has 0 saturated heterocycles.